The van der Waals surface area contributed by atoms with E-state index in [1.165, 1.54) is 7.11 Å². The van der Waals surface area contributed by atoms with Gasteiger partial charge in [0.1, 0.15) is 5.75 Å². The molecule has 3 nitrogen and oxygen atoms in total. The van der Waals surface area contributed by atoms with Crippen molar-refractivity contribution in [2.24, 2.45) is 0 Å². The third-order valence-corrected chi connectivity index (χ3v) is 2.76. The molecule has 0 atom stereocenters. The molecule has 0 saturated carbocycles. The van der Waals surface area contributed by atoms with Crippen molar-refractivity contribution >= 4 is 12.0 Å². The van der Waals surface area contributed by atoms with Gasteiger partial charge in [-0.3, -0.25) is 9.18 Å². The Kier molecular flexibility index (Phi) is 6.19. The Morgan fingerprint density at radius 2 is 2.17 bits per heavy atom. The van der Waals surface area contributed by atoms with Gasteiger partial charge in [-0.15, -0.1) is 0 Å². The third-order valence-electron chi connectivity index (χ3n) is 2.76. The molecular formula is C14H20FNO2. The van der Waals surface area contributed by atoms with Crippen molar-refractivity contribution in [2.45, 2.75) is 19.8 Å². The quantitative estimate of drug-likeness (QED) is 0.667. The molecule has 0 amide bonds. The molecule has 0 N–H and O–H groups in total. The summed E-state index contributed by atoms with van der Waals surface area (Å²) in [4.78, 5) is 12.9. The maximum absolute atomic E-state index is 12.3. The molecule has 1 aromatic carbocycles. The van der Waals surface area contributed by atoms with Gasteiger partial charge < -0.3 is 9.64 Å². The average molecular weight is 253 g/mol. The Balaban J connectivity index is 2.93. The van der Waals surface area contributed by atoms with Crippen LogP contribution in [-0.4, -0.2) is 33.2 Å². The standard InChI is InChI=1S/C14H20FNO2/c1-3-8-16(9-4-7-15)13-6-5-12(11-17)14(10-13)18-2/h5-6,10-11H,3-4,7-9H2,1-2H3. The van der Waals surface area contributed by atoms with E-state index in [2.05, 4.69) is 11.8 Å². The number of alkyl halides is 1. The van der Waals surface area contributed by atoms with Gasteiger partial charge in [0, 0.05) is 24.8 Å². The minimum Gasteiger partial charge on any atom is -0.496 e. The van der Waals surface area contributed by atoms with E-state index in [4.69, 9.17) is 4.74 Å². The van der Waals surface area contributed by atoms with Crippen molar-refractivity contribution in [1.82, 2.24) is 0 Å². The van der Waals surface area contributed by atoms with Crippen LogP contribution in [0.2, 0.25) is 0 Å². The van der Waals surface area contributed by atoms with Crippen LogP contribution in [0.4, 0.5) is 10.1 Å². The first kappa shape index (κ1) is 14.5. The Bertz CT molecular complexity index is 382. The third kappa shape index (κ3) is 3.72. The summed E-state index contributed by atoms with van der Waals surface area (Å²) in [6, 6.07) is 5.44. The average Bonchev–Trinajstić information content (AvgIpc) is 2.42. The normalized spacial score (nSPS) is 10.2. The highest BCUT2D eigenvalue weighted by molar-refractivity contribution is 5.80. The largest absolute Gasteiger partial charge is 0.496 e. The topological polar surface area (TPSA) is 29.5 Å². The van der Waals surface area contributed by atoms with Crippen LogP contribution in [0.25, 0.3) is 0 Å². The van der Waals surface area contributed by atoms with Gasteiger partial charge in [-0.25, -0.2) is 0 Å². The fourth-order valence-corrected chi connectivity index (χ4v) is 1.88. The lowest BCUT2D eigenvalue weighted by Gasteiger charge is -2.24. The van der Waals surface area contributed by atoms with E-state index in [1.54, 1.807) is 6.07 Å². The van der Waals surface area contributed by atoms with Gasteiger partial charge in [-0.1, -0.05) is 6.92 Å². The molecule has 0 unspecified atom stereocenters. The molecule has 0 heterocycles. The highest BCUT2D eigenvalue weighted by atomic mass is 19.1. The van der Waals surface area contributed by atoms with E-state index < -0.39 is 0 Å². The van der Waals surface area contributed by atoms with Gasteiger partial charge in [0.05, 0.1) is 19.3 Å². The van der Waals surface area contributed by atoms with Crippen molar-refractivity contribution in [3.8, 4) is 5.75 Å². The summed E-state index contributed by atoms with van der Waals surface area (Å²) in [6.07, 6.45) is 2.27. The van der Waals surface area contributed by atoms with Crippen LogP contribution in [0.5, 0.6) is 5.75 Å². The van der Waals surface area contributed by atoms with Gasteiger partial charge >= 0.3 is 0 Å². The molecule has 4 heteroatoms. The number of hydrogen-bond acceptors (Lipinski definition) is 3. The fraction of sp³-hybridized carbons (Fsp3) is 0.500. The first-order chi connectivity index (χ1) is 8.76. The lowest BCUT2D eigenvalue weighted by Crippen LogP contribution is -2.25. The Hall–Kier alpha value is -1.58. The number of ether oxygens (including phenoxy) is 1. The number of carbonyl (C=O) groups excluding carboxylic acids is 1. The predicted octanol–water partition coefficient (Wildman–Crippen LogP) is 3.08. The molecular weight excluding hydrogens is 233 g/mol. The van der Waals surface area contributed by atoms with Crippen molar-refractivity contribution in [3.63, 3.8) is 0 Å². The Morgan fingerprint density at radius 3 is 2.72 bits per heavy atom. The number of anilines is 1. The number of carbonyl (C=O) groups is 1. The first-order valence-corrected chi connectivity index (χ1v) is 6.21. The molecule has 0 radical (unpaired) electrons. The van der Waals surface area contributed by atoms with Gasteiger partial charge in [0.2, 0.25) is 0 Å². The van der Waals surface area contributed by atoms with E-state index >= 15 is 0 Å². The molecule has 0 fully saturated rings. The maximum Gasteiger partial charge on any atom is 0.153 e. The lowest BCUT2D eigenvalue weighted by atomic mass is 10.1. The van der Waals surface area contributed by atoms with Crippen LogP contribution in [0.15, 0.2) is 18.2 Å². The highest BCUT2D eigenvalue weighted by Gasteiger charge is 2.09. The number of aldehydes is 1. The molecule has 0 saturated heterocycles. The van der Waals surface area contributed by atoms with E-state index in [-0.39, 0.29) is 6.67 Å². The number of benzene rings is 1. The predicted molar refractivity (Wildman–Crippen MR) is 71.5 cm³/mol. The summed E-state index contributed by atoms with van der Waals surface area (Å²) in [5, 5.41) is 0. The SMILES string of the molecule is CCCN(CCCF)c1ccc(C=O)c(OC)c1. The summed E-state index contributed by atoms with van der Waals surface area (Å²) in [5.74, 6) is 0.559. The molecule has 1 aromatic rings. The molecule has 0 aliphatic carbocycles. The summed E-state index contributed by atoms with van der Waals surface area (Å²) < 4.78 is 17.5. The van der Waals surface area contributed by atoms with E-state index in [9.17, 15) is 9.18 Å². The zero-order chi connectivity index (χ0) is 13.4. The smallest absolute Gasteiger partial charge is 0.153 e. The van der Waals surface area contributed by atoms with Crippen LogP contribution >= 0.6 is 0 Å². The number of halogens is 1. The van der Waals surface area contributed by atoms with Gasteiger partial charge in [-0.05, 0) is 25.0 Å². The van der Waals surface area contributed by atoms with Gasteiger partial charge in [0.25, 0.3) is 0 Å². The number of methoxy groups -OCH3 is 1. The van der Waals surface area contributed by atoms with Gasteiger partial charge in [-0.2, -0.15) is 0 Å². The second kappa shape index (κ2) is 7.69. The van der Waals surface area contributed by atoms with E-state index in [0.29, 0.717) is 24.3 Å². The number of nitrogens with zero attached hydrogens (tertiary/aromatic N) is 1. The van der Waals surface area contributed by atoms with Crippen molar-refractivity contribution < 1.29 is 13.9 Å². The van der Waals surface area contributed by atoms with Crippen LogP contribution in [0.3, 0.4) is 0 Å². The van der Waals surface area contributed by atoms with Crippen LogP contribution in [0.1, 0.15) is 30.1 Å². The molecule has 100 valence electrons. The Labute approximate surface area is 108 Å². The van der Waals surface area contributed by atoms with E-state index in [0.717, 1.165) is 24.9 Å². The van der Waals surface area contributed by atoms with Crippen molar-refractivity contribution in [1.29, 1.82) is 0 Å². The minimum atomic E-state index is -0.316. The monoisotopic (exact) mass is 253 g/mol. The summed E-state index contributed by atoms with van der Waals surface area (Å²) in [7, 11) is 1.54. The molecule has 0 aliphatic heterocycles. The summed E-state index contributed by atoms with van der Waals surface area (Å²) in [5.41, 5.74) is 1.50. The van der Waals surface area contributed by atoms with Crippen LogP contribution < -0.4 is 9.64 Å². The zero-order valence-corrected chi connectivity index (χ0v) is 11.0. The highest BCUT2D eigenvalue weighted by Crippen LogP contribution is 2.25. The second-order valence-corrected chi connectivity index (χ2v) is 4.07. The summed E-state index contributed by atoms with van der Waals surface area (Å²) in [6.45, 7) is 3.31. The molecule has 0 spiro atoms. The second-order valence-electron chi connectivity index (χ2n) is 4.07. The maximum atomic E-state index is 12.3. The first-order valence-electron chi connectivity index (χ1n) is 6.21. The molecule has 0 bridgehead atoms. The van der Waals surface area contributed by atoms with E-state index in [1.807, 2.05) is 12.1 Å². The van der Waals surface area contributed by atoms with Crippen molar-refractivity contribution in [2.75, 3.05) is 31.8 Å². The number of rotatable bonds is 8. The van der Waals surface area contributed by atoms with Crippen molar-refractivity contribution in [3.05, 3.63) is 23.8 Å². The molecule has 0 aromatic heterocycles. The molecule has 18 heavy (non-hydrogen) atoms. The summed E-state index contributed by atoms with van der Waals surface area (Å²) >= 11 is 0. The number of hydrogen-bond donors (Lipinski definition) is 0. The lowest BCUT2D eigenvalue weighted by molar-refractivity contribution is 0.112. The van der Waals surface area contributed by atoms with Crippen LogP contribution in [0, 0.1) is 0 Å². The zero-order valence-electron chi connectivity index (χ0n) is 11.0. The fourth-order valence-electron chi connectivity index (χ4n) is 1.88. The molecule has 0 aliphatic rings. The Morgan fingerprint density at radius 1 is 1.39 bits per heavy atom. The minimum absolute atomic E-state index is 0.316. The van der Waals surface area contributed by atoms with Crippen LogP contribution in [-0.2, 0) is 0 Å². The van der Waals surface area contributed by atoms with Gasteiger partial charge in [0.15, 0.2) is 6.29 Å². The molecule has 1 rings (SSSR count).